The van der Waals surface area contributed by atoms with Crippen molar-refractivity contribution in [1.82, 2.24) is 0 Å². The van der Waals surface area contributed by atoms with Crippen molar-refractivity contribution in [2.24, 2.45) is 23.2 Å². The summed E-state index contributed by atoms with van der Waals surface area (Å²) in [5.74, 6) is 0.548. The zero-order valence-electron chi connectivity index (χ0n) is 16.0. The summed E-state index contributed by atoms with van der Waals surface area (Å²) in [6, 6.07) is 0. The van der Waals surface area contributed by atoms with Crippen LogP contribution in [0.2, 0.25) is 0 Å². The van der Waals surface area contributed by atoms with Gasteiger partial charge < -0.3 is 9.47 Å². The maximum atomic E-state index is 12.4. The van der Waals surface area contributed by atoms with Crippen LogP contribution in [0, 0.1) is 23.2 Å². The molecule has 2 aliphatic carbocycles. The average molecular weight is 338 g/mol. The van der Waals surface area contributed by atoms with Crippen molar-refractivity contribution in [2.45, 2.75) is 85.2 Å². The molecule has 0 aromatic rings. The monoisotopic (exact) mass is 338 g/mol. The number of carbonyl (C=O) groups is 2. The van der Waals surface area contributed by atoms with Gasteiger partial charge in [0, 0.05) is 0 Å². The van der Waals surface area contributed by atoms with E-state index in [1.54, 1.807) is 0 Å². The van der Waals surface area contributed by atoms with Crippen LogP contribution in [0.25, 0.3) is 0 Å². The van der Waals surface area contributed by atoms with Crippen LogP contribution in [0.1, 0.15) is 79.6 Å². The Morgan fingerprint density at radius 1 is 1.17 bits per heavy atom. The zero-order valence-corrected chi connectivity index (χ0v) is 16.0. The fourth-order valence-corrected chi connectivity index (χ4v) is 4.34. The van der Waals surface area contributed by atoms with Gasteiger partial charge in [0.25, 0.3) is 0 Å². The molecule has 0 aromatic carbocycles. The molecule has 0 aromatic heterocycles. The molecule has 0 aliphatic heterocycles. The van der Waals surface area contributed by atoms with E-state index >= 15 is 0 Å². The minimum atomic E-state index is -0.480. The molecule has 4 nitrogen and oxygen atoms in total. The van der Waals surface area contributed by atoms with Gasteiger partial charge in [0.1, 0.15) is 5.60 Å². The summed E-state index contributed by atoms with van der Waals surface area (Å²) in [5, 5.41) is 0. The van der Waals surface area contributed by atoms with E-state index in [-0.39, 0.29) is 18.0 Å². The van der Waals surface area contributed by atoms with Crippen LogP contribution in [0.3, 0.4) is 0 Å². The molecular weight excluding hydrogens is 304 g/mol. The van der Waals surface area contributed by atoms with E-state index in [1.165, 1.54) is 19.3 Å². The molecule has 0 N–H and O–H groups in total. The van der Waals surface area contributed by atoms with Gasteiger partial charge in [-0.25, -0.2) is 4.79 Å². The normalized spacial score (nSPS) is 27.8. The molecule has 2 fully saturated rings. The predicted molar refractivity (Wildman–Crippen MR) is 93.4 cm³/mol. The third-order valence-electron chi connectivity index (χ3n) is 5.92. The van der Waals surface area contributed by atoms with Crippen LogP contribution < -0.4 is 0 Å². The van der Waals surface area contributed by atoms with E-state index in [9.17, 15) is 9.59 Å². The van der Waals surface area contributed by atoms with E-state index in [4.69, 9.17) is 9.47 Å². The highest BCUT2D eigenvalue weighted by Gasteiger charge is 2.58. The Labute approximate surface area is 146 Å². The highest BCUT2D eigenvalue weighted by atomic mass is 16.6. The van der Waals surface area contributed by atoms with E-state index in [0.717, 1.165) is 25.7 Å². The summed E-state index contributed by atoms with van der Waals surface area (Å²) in [7, 11) is 0. The van der Waals surface area contributed by atoms with Gasteiger partial charge in [-0.2, -0.15) is 0 Å². The van der Waals surface area contributed by atoms with Crippen molar-refractivity contribution in [2.75, 3.05) is 6.61 Å². The van der Waals surface area contributed by atoms with Gasteiger partial charge in [-0.1, -0.05) is 40.0 Å². The minimum Gasteiger partial charge on any atom is -0.457 e. The predicted octanol–water partition coefficient (Wildman–Crippen LogP) is 4.50. The second-order valence-corrected chi connectivity index (χ2v) is 8.85. The van der Waals surface area contributed by atoms with E-state index < -0.39 is 11.6 Å². The second-order valence-electron chi connectivity index (χ2n) is 8.85. The standard InChI is InChI=1S/C20H34O4/c1-14(2)11-20(12-15(20)3)18(22)23-13-17(21)24-19(4,5)16-9-7-6-8-10-16/h14-16H,6-13H2,1-5H3. The Bertz CT molecular complexity index is 462. The molecule has 2 aliphatic rings. The largest absolute Gasteiger partial charge is 0.457 e. The Kier molecular flexibility index (Phi) is 5.98. The summed E-state index contributed by atoms with van der Waals surface area (Å²) in [6.07, 6.45) is 7.59. The first-order chi connectivity index (χ1) is 11.2. The fraction of sp³-hybridized carbons (Fsp3) is 0.900. The van der Waals surface area contributed by atoms with Crippen LogP contribution in [0.5, 0.6) is 0 Å². The lowest BCUT2D eigenvalue weighted by molar-refractivity contribution is -0.175. The average Bonchev–Trinajstić information content (AvgIpc) is 3.15. The molecule has 0 bridgehead atoms. The van der Waals surface area contributed by atoms with Crippen molar-refractivity contribution < 1.29 is 19.1 Å². The zero-order chi connectivity index (χ0) is 18.0. The van der Waals surface area contributed by atoms with Crippen LogP contribution in [0.15, 0.2) is 0 Å². The lowest BCUT2D eigenvalue weighted by atomic mass is 9.79. The van der Waals surface area contributed by atoms with Crippen molar-refractivity contribution in [3.8, 4) is 0 Å². The van der Waals surface area contributed by atoms with Gasteiger partial charge in [-0.05, 0) is 57.3 Å². The fourth-order valence-electron chi connectivity index (χ4n) is 4.34. The van der Waals surface area contributed by atoms with Crippen LogP contribution in [-0.2, 0) is 19.1 Å². The molecule has 0 amide bonds. The Balaban J connectivity index is 1.81. The minimum absolute atomic E-state index is 0.226. The molecule has 2 rings (SSSR count). The van der Waals surface area contributed by atoms with Gasteiger partial charge in [0.15, 0.2) is 6.61 Å². The number of hydrogen-bond acceptors (Lipinski definition) is 4. The lowest BCUT2D eigenvalue weighted by Gasteiger charge is -2.36. The van der Waals surface area contributed by atoms with Crippen LogP contribution in [-0.4, -0.2) is 24.1 Å². The first-order valence-corrected chi connectivity index (χ1v) is 9.56. The number of carbonyl (C=O) groups excluding carboxylic acids is 2. The van der Waals surface area contributed by atoms with Crippen molar-refractivity contribution >= 4 is 11.9 Å². The molecule has 2 saturated carbocycles. The molecule has 0 saturated heterocycles. The highest BCUT2D eigenvalue weighted by Crippen LogP contribution is 2.57. The van der Waals surface area contributed by atoms with Gasteiger partial charge in [-0.3, -0.25) is 4.79 Å². The van der Waals surface area contributed by atoms with Gasteiger partial charge in [-0.15, -0.1) is 0 Å². The third kappa shape index (κ3) is 4.52. The SMILES string of the molecule is CC(C)CC1(C(=O)OCC(=O)OC(C)(C)C2CCCCC2)CC1C. The summed E-state index contributed by atoms with van der Waals surface area (Å²) < 4.78 is 11.0. The van der Waals surface area contributed by atoms with E-state index in [0.29, 0.717) is 17.8 Å². The van der Waals surface area contributed by atoms with Gasteiger partial charge in [0.05, 0.1) is 5.41 Å². The Hall–Kier alpha value is -1.06. The third-order valence-corrected chi connectivity index (χ3v) is 5.92. The van der Waals surface area contributed by atoms with Crippen LogP contribution in [0.4, 0.5) is 0 Å². The molecule has 0 heterocycles. The maximum absolute atomic E-state index is 12.4. The first-order valence-electron chi connectivity index (χ1n) is 9.56. The Morgan fingerprint density at radius 2 is 1.75 bits per heavy atom. The molecule has 4 heteroatoms. The lowest BCUT2D eigenvalue weighted by Crippen LogP contribution is -2.39. The van der Waals surface area contributed by atoms with E-state index in [1.807, 2.05) is 13.8 Å². The number of rotatable bonds is 7. The number of hydrogen-bond donors (Lipinski definition) is 0. The van der Waals surface area contributed by atoms with Gasteiger partial charge >= 0.3 is 11.9 Å². The van der Waals surface area contributed by atoms with Crippen molar-refractivity contribution in [3.63, 3.8) is 0 Å². The molecule has 0 spiro atoms. The summed E-state index contributed by atoms with van der Waals surface area (Å²) in [6.45, 7) is 10.00. The topological polar surface area (TPSA) is 52.6 Å². The smallest absolute Gasteiger partial charge is 0.344 e. The maximum Gasteiger partial charge on any atom is 0.344 e. The van der Waals surface area contributed by atoms with E-state index in [2.05, 4.69) is 20.8 Å². The van der Waals surface area contributed by atoms with Crippen molar-refractivity contribution in [3.05, 3.63) is 0 Å². The van der Waals surface area contributed by atoms with Crippen molar-refractivity contribution in [1.29, 1.82) is 0 Å². The summed E-state index contributed by atoms with van der Waals surface area (Å²) >= 11 is 0. The quantitative estimate of drug-likeness (QED) is 0.641. The molecular formula is C20H34O4. The number of ether oxygens (including phenoxy) is 2. The summed E-state index contributed by atoms with van der Waals surface area (Å²) in [4.78, 5) is 24.6. The molecule has 24 heavy (non-hydrogen) atoms. The van der Waals surface area contributed by atoms with Gasteiger partial charge in [0.2, 0.25) is 0 Å². The molecule has 0 radical (unpaired) electrons. The Morgan fingerprint density at radius 3 is 2.25 bits per heavy atom. The summed E-state index contributed by atoms with van der Waals surface area (Å²) in [5.41, 5.74) is -0.847. The van der Waals surface area contributed by atoms with Crippen LogP contribution >= 0.6 is 0 Å². The highest BCUT2D eigenvalue weighted by molar-refractivity contribution is 5.83. The first kappa shape index (κ1) is 19.3. The number of esters is 2. The molecule has 138 valence electrons. The second kappa shape index (κ2) is 7.45. The molecule has 2 unspecified atom stereocenters. The molecule has 2 atom stereocenters.